The number of rotatable bonds is 3. The number of anilines is 1. The average Bonchev–Trinajstić information content (AvgIpc) is 3.23. The molecule has 0 aromatic carbocycles. The Morgan fingerprint density at radius 1 is 1.22 bits per heavy atom. The van der Waals surface area contributed by atoms with Gasteiger partial charge in [-0.05, 0) is 32.1 Å². The molecule has 0 spiro atoms. The van der Waals surface area contributed by atoms with E-state index in [0.29, 0.717) is 12.0 Å². The predicted molar refractivity (Wildman–Crippen MR) is 72.8 cm³/mol. The summed E-state index contributed by atoms with van der Waals surface area (Å²) >= 11 is 0. The smallest absolute Gasteiger partial charge is 0.134 e. The molecule has 4 heteroatoms. The lowest BCUT2D eigenvalue weighted by molar-refractivity contribution is 0.498. The molecule has 0 atom stereocenters. The predicted octanol–water partition coefficient (Wildman–Crippen LogP) is 1.84. The maximum atomic E-state index is 5.96. The fourth-order valence-electron chi connectivity index (χ4n) is 2.50. The molecule has 0 amide bonds. The van der Waals surface area contributed by atoms with Crippen molar-refractivity contribution in [1.29, 1.82) is 0 Å². The van der Waals surface area contributed by atoms with Crippen molar-refractivity contribution in [2.24, 2.45) is 5.73 Å². The lowest BCUT2D eigenvalue weighted by Gasteiger charge is -2.31. The molecule has 2 heterocycles. The zero-order valence-corrected chi connectivity index (χ0v) is 11.1. The quantitative estimate of drug-likeness (QED) is 0.884. The Morgan fingerprint density at radius 2 is 1.94 bits per heavy atom. The highest BCUT2D eigenvalue weighted by Gasteiger charge is 2.28. The third-order valence-electron chi connectivity index (χ3n) is 3.95. The summed E-state index contributed by atoms with van der Waals surface area (Å²) in [7, 11) is 0. The molecule has 98 valence electrons. The number of piperidine rings is 1. The van der Waals surface area contributed by atoms with Gasteiger partial charge in [0, 0.05) is 36.8 Å². The summed E-state index contributed by atoms with van der Waals surface area (Å²) in [6.45, 7) is 4.23. The van der Waals surface area contributed by atoms with Crippen molar-refractivity contribution in [2.45, 2.75) is 51.0 Å². The van der Waals surface area contributed by atoms with Crippen LogP contribution in [-0.2, 0) is 6.42 Å². The molecular weight excluding hydrogens is 224 g/mol. The van der Waals surface area contributed by atoms with Crippen molar-refractivity contribution in [3.63, 3.8) is 0 Å². The molecule has 1 saturated carbocycles. The molecule has 4 nitrogen and oxygen atoms in total. The third kappa shape index (κ3) is 2.48. The zero-order valence-electron chi connectivity index (χ0n) is 11.1. The molecular formula is C14H22N4. The van der Waals surface area contributed by atoms with Gasteiger partial charge in [-0.3, -0.25) is 0 Å². The summed E-state index contributed by atoms with van der Waals surface area (Å²) in [5.41, 5.74) is 7.14. The van der Waals surface area contributed by atoms with E-state index in [1.165, 1.54) is 18.5 Å². The molecule has 1 aliphatic heterocycles. The summed E-state index contributed by atoms with van der Waals surface area (Å²) in [5, 5.41) is 0. The summed E-state index contributed by atoms with van der Waals surface area (Å²) in [5.74, 6) is 2.82. The molecule has 3 rings (SSSR count). The molecule has 1 aromatic rings. The van der Waals surface area contributed by atoms with Crippen molar-refractivity contribution in [3.05, 3.63) is 17.6 Å². The highest BCUT2D eigenvalue weighted by atomic mass is 15.2. The topological polar surface area (TPSA) is 55.0 Å². The number of hydrogen-bond donors (Lipinski definition) is 1. The maximum absolute atomic E-state index is 5.96. The monoisotopic (exact) mass is 246 g/mol. The summed E-state index contributed by atoms with van der Waals surface area (Å²) in [6, 6.07) is 2.53. The first-order valence-electron chi connectivity index (χ1n) is 7.14. The second-order valence-electron chi connectivity index (χ2n) is 5.53. The van der Waals surface area contributed by atoms with E-state index in [1.807, 2.05) is 0 Å². The van der Waals surface area contributed by atoms with E-state index in [9.17, 15) is 0 Å². The van der Waals surface area contributed by atoms with Crippen LogP contribution in [0, 0.1) is 0 Å². The van der Waals surface area contributed by atoms with Gasteiger partial charge in [0.1, 0.15) is 11.6 Å². The van der Waals surface area contributed by atoms with Gasteiger partial charge in [0.15, 0.2) is 0 Å². The Balaban J connectivity index is 1.83. The molecule has 0 radical (unpaired) electrons. The van der Waals surface area contributed by atoms with Crippen molar-refractivity contribution in [2.75, 3.05) is 18.0 Å². The molecule has 1 aromatic heterocycles. The minimum atomic E-state index is 0.372. The van der Waals surface area contributed by atoms with E-state index in [4.69, 9.17) is 10.7 Å². The van der Waals surface area contributed by atoms with Crippen LogP contribution in [0.25, 0.3) is 0 Å². The van der Waals surface area contributed by atoms with Gasteiger partial charge in [0.2, 0.25) is 0 Å². The van der Waals surface area contributed by atoms with Crippen LogP contribution < -0.4 is 10.6 Å². The van der Waals surface area contributed by atoms with Crippen LogP contribution in [0.5, 0.6) is 0 Å². The molecule has 2 aliphatic rings. The molecule has 18 heavy (non-hydrogen) atoms. The second kappa shape index (κ2) is 4.84. The van der Waals surface area contributed by atoms with Crippen LogP contribution in [0.4, 0.5) is 5.82 Å². The van der Waals surface area contributed by atoms with E-state index in [-0.39, 0.29) is 0 Å². The Morgan fingerprint density at radius 3 is 2.56 bits per heavy atom. The number of aromatic nitrogens is 2. The van der Waals surface area contributed by atoms with Crippen molar-refractivity contribution < 1.29 is 0 Å². The van der Waals surface area contributed by atoms with Crippen LogP contribution in [-0.4, -0.2) is 29.1 Å². The molecule has 1 aliphatic carbocycles. The number of aryl methyl sites for hydroxylation is 1. The molecule has 1 saturated heterocycles. The van der Waals surface area contributed by atoms with Gasteiger partial charge in [-0.1, -0.05) is 6.92 Å². The Labute approximate surface area is 109 Å². The lowest BCUT2D eigenvalue weighted by Crippen LogP contribution is -2.40. The van der Waals surface area contributed by atoms with Crippen LogP contribution >= 0.6 is 0 Å². The fraction of sp³-hybridized carbons (Fsp3) is 0.714. The van der Waals surface area contributed by atoms with Crippen molar-refractivity contribution in [1.82, 2.24) is 9.97 Å². The molecule has 2 N–H and O–H groups in total. The average molecular weight is 246 g/mol. The highest BCUT2D eigenvalue weighted by molar-refractivity contribution is 5.41. The molecule has 0 unspecified atom stereocenters. The Bertz CT molecular complexity index is 420. The first-order valence-corrected chi connectivity index (χ1v) is 7.14. The Kier molecular flexibility index (Phi) is 3.20. The summed E-state index contributed by atoms with van der Waals surface area (Å²) < 4.78 is 0. The number of nitrogens with two attached hydrogens (primary N) is 1. The summed E-state index contributed by atoms with van der Waals surface area (Å²) in [4.78, 5) is 11.8. The highest BCUT2D eigenvalue weighted by Crippen LogP contribution is 2.38. The van der Waals surface area contributed by atoms with E-state index >= 15 is 0 Å². The van der Waals surface area contributed by atoms with Crippen molar-refractivity contribution in [3.8, 4) is 0 Å². The fourth-order valence-corrected chi connectivity index (χ4v) is 2.50. The van der Waals surface area contributed by atoms with Crippen LogP contribution in [0.2, 0.25) is 0 Å². The van der Waals surface area contributed by atoms with Gasteiger partial charge < -0.3 is 10.6 Å². The minimum absolute atomic E-state index is 0.372. The Hall–Kier alpha value is -1.16. The maximum Gasteiger partial charge on any atom is 0.134 e. The van der Waals surface area contributed by atoms with E-state index in [0.717, 1.165) is 44.0 Å². The van der Waals surface area contributed by atoms with Gasteiger partial charge in [0.25, 0.3) is 0 Å². The molecule has 0 bridgehead atoms. The number of nitrogens with zero attached hydrogens (tertiary/aromatic N) is 3. The van der Waals surface area contributed by atoms with Gasteiger partial charge in [-0.15, -0.1) is 0 Å². The third-order valence-corrected chi connectivity index (χ3v) is 3.95. The van der Waals surface area contributed by atoms with Gasteiger partial charge >= 0.3 is 0 Å². The zero-order chi connectivity index (χ0) is 12.5. The largest absolute Gasteiger partial charge is 0.356 e. The lowest BCUT2D eigenvalue weighted by atomic mass is 10.1. The first kappa shape index (κ1) is 11.9. The van der Waals surface area contributed by atoms with Gasteiger partial charge in [-0.2, -0.15) is 0 Å². The van der Waals surface area contributed by atoms with Crippen LogP contribution in [0.1, 0.15) is 50.0 Å². The standard InChI is InChI=1S/C14H22N4/c1-2-12-9-13(17-14(16-12)10-3-4-10)18-7-5-11(15)6-8-18/h9-11H,2-8,15H2,1H3. The van der Waals surface area contributed by atoms with Crippen LogP contribution in [0.15, 0.2) is 6.07 Å². The van der Waals surface area contributed by atoms with E-state index < -0.39 is 0 Å². The first-order chi connectivity index (χ1) is 8.76. The van der Waals surface area contributed by atoms with Gasteiger partial charge in [-0.25, -0.2) is 9.97 Å². The second-order valence-corrected chi connectivity index (χ2v) is 5.53. The van der Waals surface area contributed by atoms with E-state index in [1.54, 1.807) is 0 Å². The van der Waals surface area contributed by atoms with E-state index in [2.05, 4.69) is 22.9 Å². The summed E-state index contributed by atoms with van der Waals surface area (Å²) in [6.07, 6.45) is 5.66. The minimum Gasteiger partial charge on any atom is -0.356 e. The SMILES string of the molecule is CCc1cc(N2CCC(N)CC2)nc(C2CC2)n1. The van der Waals surface area contributed by atoms with Crippen molar-refractivity contribution >= 4 is 5.82 Å². The number of hydrogen-bond acceptors (Lipinski definition) is 4. The molecule has 2 fully saturated rings. The normalized spacial score (nSPS) is 21.3. The van der Waals surface area contributed by atoms with Crippen LogP contribution in [0.3, 0.4) is 0 Å². The van der Waals surface area contributed by atoms with Gasteiger partial charge in [0.05, 0.1) is 0 Å².